The first-order valence-electron chi connectivity index (χ1n) is 7.67. The van der Waals surface area contributed by atoms with E-state index < -0.39 is 0 Å². The van der Waals surface area contributed by atoms with E-state index in [1.807, 2.05) is 18.2 Å². The standard InChI is InChI=1S/C17H26N2O/c1-13(2)15-9-4-5-10-16(15)18-17(20)12-14-8-6-7-11-19(14)3/h4-5,9-10,13-14H,6-8,11-12H2,1-3H3,(H,18,20). The SMILES string of the molecule is CC(C)c1ccccc1NC(=O)CC1CCCCN1C. The number of piperidine rings is 1. The maximum absolute atomic E-state index is 12.3. The molecule has 1 aliphatic heterocycles. The van der Waals surface area contributed by atoms with Crippen LogP contribution in [-0.4, -0.2) is 30.4 Å². The number of nitrogens with zero attached hydrogens (tertiary/aromatic N) is 1. The monoisotopic (exact) mass is 274 g/mol. The molecule has 0 bridgehead atoms. The Morgan fingerprint density at radius 3 is 2.80 bits per heavy atom. The molecule has 0 saturated carbocycles. The van der Waals surface area contributed by atoms with Gasteiger partial charge in [0.05, 0.1) is 0 Å². The van der Waals surface area contributed by atoms with Gasteiger partial charge in [-0.3, -0.25) is 4.79 Å². The molecule has 1 fully saturated rings. The van der Waals surface area contributed by atoms with Crippen molar-refractivity contribution < 1.29 is 4.79 Å². The number of benzene rings is 1. The van der Waals surface area contributed by atoms with E-state index in [-0.39, 0.29) is 5.91 Å². The average molecular weight is 274 g/mol. The van der Waals surface area contributed by atoms with E-state index in [9.17, 15) is 4.79 Å². The van der Waals surface area contributed by atoms with Crippen LogP contribution in [0.25, 0.3) is 0 Å². The number of hydrogen-bond acceptors (Lipinski definition) is 2. The summed E-state index contributed by atoms with van der Waals surface area (Å²) in [5.74, 6) is 0.556. The predicted molar refractivity (Wildman–Crippen MR) is 84.0 cm³/mol. The van der Waals surface area contributed by atoms with Gasteiger partial charge in [0.25, 0.3) is 0 Å². The van der Waals surface area contributed by atoms with Crippen LogP contribution in [0.15, 0.2) is 24.3 Å². The first-order valence-corrected chi connectivity index (χ1v) is 7.67. The second kappa shape index (κ2) is 6.89. The number of hydrogen-bond donors (Lipinski definition) is 1. The quantitative estimate of drug-likeness (QED) is 0.909. The molecule has 1 aromatic rings. The van der Waals surface area contributed by atoms with E-state index in [4.69, 9.17) is 0 Å². The third-order valence-corrected chi connectivity index (χ3v) is 4.20. The third-order valence-electron chi connectivity index (χ3n) is 4.20. The molecule has 1 unspecified atom stereocenters. The molecule has 110 valence electrons. The summed E-state index contributed by atoms with van der Waals surface area (Å²) < 4.78 is 0. The van der Waals surface area contributed by atoms with Crippen molar-refractivity contribution >= 4 is 11.6 Å². The lowest BCUT2D eigenvalue weighted by molar-refractivity contribution is -0.117. The van der Waals surface area contributed by atoms with Crippen LogP contribution in [0.5, 0.6) is 0 Å². The maximum Gasteiger partial charge on any atom is 0.225 e. The Labute approximate surface area is 122 Å². The summed E-state index contributed by atoms with van der Waals surface area (Å²) in [5, 5.41) is 3.09. The number of anilines is 1. The summed E-state index contributed by atoms with van der Waals surface area (Å²) >= 11 is 0. The van der Waals surface area contributed by atoms with Gasteiger partial charge in [-0.2, -0.15) is 0 Å². The van der Waals surface area contributed by atoms with Crippen LogP contribution >= 0.6 is 0 Å². The Balaban J connectivity index is 1.97. The molecule has 1 aliphatic rings. The highest BCUT2D eigenvalue weighted by Gasteiger charge is 2.22. The zero-order chi connectivity index (χ0) is 14.5. The summed E-state index contributed by atoms with van der Waals surface area (Å²) in [6.45, 7) is 5.42. The third kappa shape index (κ3) is 3.83. The van der Waals surface area contributed by atoms with E-state index in [1.54, 1.807) is 0 Å². The Bertz CT molecular complexity index is 456. The van der Waals surface area contributed by atoms with Gasteiger partial charge in [-0.05, 0) is 44.0 Å². The van der Waals surface area contributed by atoms with Gasteiger partial charge in [0.1, 0.15) is 0 Å². The minimum absolute atomic E-state index is 0.136. The lowest BCUT2D eigenvalue weighted by Crippen LogP contribution is -2.38. The van der Waals surface area contributed by atoms with E-state index in [2.05, 4.69) is 37.2 Å². The van der Waals surface area contributed by atoms with Crippen molar-refractivity contribution in [2.24, 2.45) is 0 Å². The van der Waals surface area contributed by atoms with Gasteiger partial charge in [-0.25, -0.2) is 0 Å². The fraction of sp³-hybridized carbons (Fsp3) is 0.588. The van der Waals surface area contributed by atoms with Gasteiger partial charge in [0.15, 0.2) is 0 Å². The molecule has 0 aromatic heterocycles. The van der Waals surface area contributed by atoms with E-state index in [0.717, 1.165) is 18.7 Å². The fourth-order valence-corrected chi connectivity index (χ4v) is 2.93. The summed E-state index contributed by atoms with van der Waals surface area (Å²) in [6, 6.07) is 8.49. The second-order valence-electron chi connectivity index (χ2n) is 6.12. The zero-order valence-corrected chi connectivity index (χ0v) is 12.9. The highest BCUT2D eigenvalue weighted by Crippen LogP contribution is 2.24. The van der Waals surface area contributed by atoms with Crippen LogP contribution in [0.1, 0.15) is 51.0 Å². The van der Waals surface area contributed by atoms with Gasteiger partial charge < -0.3 is 10.2 Å². The normalized spacial score (nSPS) is 20.1. The highest BCUT2D eigenvalue weighted by atomic mass is 16.1. The molecule has 0 spiro atoms. The van der Waals surface area contributed by atoms with Gasteiger partial charge in [-0.1, -0.05) is 38.5 Å². The summed E-state index contributed by atoms with van der Waals surface area (Å²) in [4.78, 5) is 14.6. The lowest BCUT2D eigenvalue weighted by Gasteiger charge is -2.32. The molecule has 1 atom stereocenters. The molecular formula is C17H26N2O. The Hall–Kier alpha value is -1.35. The summed E-state index contributed by atoms with van der Waals surface area (Å²) in [7, 11) is 2.12. The van der Waals surface area contributed by atoms with E-state index in [1.165, 1.54) is 18.4 Å². The van der Waals surface area contributed by atoms with Crippen molar-refractivity contribution in [3.8, 4) is 0 Å². The molecule has 1 amide bonds. The van der Waals surface area contributed by atoms with Crippen molar-refractivity contribution in [1.82, 2.24) is 4.90 Å². The number of carbonyl (C=O) groups excluding carboxylic acids is 1. The first-order chi connectivity index (χ1) is 9.58. The molecule has 0 aliphatic carbocycles. The molecule has 20 heavy (non-hydrogen) atoms. The molecule has 0 radical (unpaired) electrons. The van der Waals surface area contributed by atoms with Gasteiger partial charge in [-0.15, -0.1) is 0 Å². The fourth-order valence-electron chi connectivity index (χ4n) is 2.93. The van der Waals surface area contributed by atoms with Crippen LogP contribution in [-0.2, 0) is 4.79 Å². The van der Waals surface area contributed by atoms with Gasteiger partial charge in [0.2, 0.25) is 5.91 Å². The largest absolute Gasteiger partial charge is 0.326 e. The van der Waals surface area contributed by atoms with E-state index in [0.29, 0.717) is 18.4 Å². The van der Waals surface area contributed by atoms with Crippen molar-refractivity contribution in [3.05, 3.63) is 29.8 Å². The molecule has 1 saturated heterocycles. The predicted octanol–water partition coefficient (Wildman–Crippen LogP) is 3.62. The van der Waals surface area contributed by atoms with Crippen molar-refractivity contribution in [3.63, 3.8) is 0 Å². The molecule has 1 heterocycles. The number of amides is 1. The topological polar surface area (TPSA) is 32.3 Å². The van der Waals surface area contributed by atoms with Crippen LogP contribution in [0.4, 0.5) is 5.69 Å². The molecule has 3 heteroatoms. The number of para-hydroxylation sites is 1. The molecule has 1 aromatic carbocycles. The smallest absolute Gasteiger partial charge is 0.225 e. The minimum Gasteiger partial charge on any atom is -0.326 e. The van der Waals surface area contributed by atoms with Crippen LogP contribution in [0.3, 0.4) is 0 Å². The average Bonchev–Trinajstić information content (AvgIpc) is 2.41. The highest BCUT2D eigenvalue weighted by molar-refractivity contribution is 5.92. The second-order valence-corrected chi connectivity index (χ2v) is 6.12. The van der Waals surface area contributed by atoms with Crippen LogP contribution in [0.2, 0.25) is 0 Å². The number of likely N-dealkylation sites (tertiary alicyclic amines) is 1. The van der Waals surface area contributed by atoms with Crippen LogP contribution in [0, 0.1) is 0 Å². The Kier molecular flexibility index (Phi) is 5.18. The van der Waals surface area contributed by atoms with Gasteiger partial charge >= 0.3 is 0 Å². The minimum atomic E-state index is 0.136. The number of carbonyl (C=O) groups is 1. The number of rotatable bonds is 4. The lowest BCUT2D eigenvalue weighted by atomic mass is 9.99. The molecular weight excluding hydrogens is 248 g/mol. The summed E-state index contributed by atoms with van der Waals surface area (Å²) in [6.07, 6.45) is 4.23. The van der Waals surface area contributed by atoms with Crippen LogP contribution < -0.4 is 5.32 Å². The zero-order valence-electron chi connectivity index (χ0n) is 12.9. The molecule has 2 rings (SSSR count). The Morgan fingerprint density at radius 2 is 2.10 bits per heavy atom. The molecule has 1 N–H and O–H groups in total. The Morgan fingerprint density at radius 1 is 1.35 bits per heavy atom. The number of nitrogens with one attached hydrogen (secondary N) is 1. The van der Waals surface area contributed by atoms with Crippen molar-refractivity contribution in [2.75, 3.05) is 18.9 Å². The van der Waals surface area contributed by atoms with Crippen molar-refractivity contribution in [2.45, 2.75) is 51.5 Å². The maximum atomic E-state index is 12.3. The van der Waals surface area contributed by atoms with E-state index >= 15 is 0 Å². The molecule has 3 nitrogen and oxygen atoms in total. The first kappa shape index (κ1) is 15.0. The van der Waals surface area contributed by atoms with Gasteiger partial charge in [0, 0.05) is 18.2 Å². The van der Waals surface area contributed by atoms with Crippen molar-refractivity contribution in [1.29, 1.82) is 0 Å². The summed E-state index contributed by atoms with van der Waals surface area (Å²) in [5.41, 5.74) is 2.17.